The third kappa shape index (κ3) is 4.26. The number of amides is 2. The van der Waals surface area contributed by atoms with Crippen LogP contribution in [-0.4, -0.2) is 47.1 Å². The lowest BCUT2D eigenvalue weighted by atomic mass is 10.0. The number of nitrogens with one attached hydrogen (secondary N) is 1. The quantitative estimate of drug-likeness (QED) is 0.640. The zero-order chi connectivity index (χ0) is 22.8. The van der Waals surface area contributed by atoms with E-state index in [1.807, 2.05) is 73.8 Å². The zero-order valence-electron chi connectivity index (χ0n) is 18.5. The van der Waals surface area contributed by atoms with Gasteiger partial charge in [-0.1, -0.05) is 30.3 Å². The van der Waals surface area contributed by atoms with Crippen LogP contribution in [0.4, 0.5) is 16.2 Å². The Balaban J connectivity index is 1.27. The van der Waals surface area contributed by atoms with Gasteiger partial charge in [0.2, 0.25) is 0 Å². The van der Waals surface area contributed by atoms with E-state index in [-0.39, 0.29) is 12.0 Å². The van der Waals surface area contributed by atoms with Gasteiger partial charge >= 0.3 is 6.09 Å². The van der Waals surface area contributed by atoms with Crippen LogP contribution in [0.25, 0.3) is 0 Å². The second-order valence-corrected chi connectivity index (χ2v) is 8.69. The van der Waals surface area contributed by atoms with E-state index in [0.717, 1.165) is 22.5 Å². The topological polar surface area (TPSA) is 74.8 Å². The van der Waals surface area contributed by atoms with E-state index in [4.69, 9.17) is 4.74 Å². The van der Waals surface area contributed by atoms with Gasteiger partial charge in [-0.25, -0.2) is 4.79 Å². The summed E-state index contributed by atoms with van der Waals surface area (Å²) >= 11 is 0. The molecule has 7 heteroatoms. The largest absolute Gasteiger partial charge is 0.439 e. The third-order valence-corrected chi connectivity index (χ3v) is 6.33. The van der Waals surface area contributed by atoms with Crippen molar-refractivity contribution in [2.24, 2.45) is 0 Å². The van der Waals surface area contributed by atoms with Gasteiger partial charge in [0.1, 0.15) is 0 Å². The lowest BCUT2D eigenvalue weighted by Crippen LogP contribution is -2.39. The summed E-state index contributed by atoms with van der Waals surface area (Å²) in [4.78, 5) is 33.4. The van der Waals surface area contributed by atoms with Gasteiger partial charge in [-0.05, 0) is 48.4 Å². The summed E-state index contributed by atoms with van der Waals surface area (Å²) in [6.07, 6.45) is 3.85. The van der Waals surface area contributed by atoms with Crippen LogP contribution in [0, 0.1) is 6.92 Å². The van der Waals surface area contributed by atoms with Crippen LogP contribution in [0.1, 0.15) is 27.9 Å². The Labute approximate surface area is 193 Å². The molecule has 5 rings (SSSR count). The molecule has 7 nitrogen and oxygen atoms in total. The number of anilines is 2. The molecule has 3 aromatic rings. The number of hydrogen-bond acceptors (Lipinski definition) is 5. The Bertz CT molecular complexity index is 1170. The Morgan fingerprint density at radius 1 is 1.12 bits per heavy atom. The van der Waals surface area contributed by atoms with Crippen molar-refractivity contribution in [1.29, 1.82) is 0 Å². The standard InChI is InChI=1S/C26H26N4O3/c1-19-9-10-21(14-23(19)28-16-20-6-5-12-27-15-20)24(31)29-13-11-26(17-29)18-30(25(32)33-26)22-7-3-2-4-8-22/h2-10,12,14-15,28H,11,13,16-18H2,1H3/t26-/m0/s1. The molecule has 0 aliphatic carbocycles. The molecule has 1 atom stereocenters. The fraction of sp³-hybridized carbons (Fsp3) is 0.269. The Kier molecular flexibility index (Phi) is 5.46. The molecule has 0 unspecified atom stereocenters. The minimum atomic E-state index is -0.658. The van der Waals surface area contributed by atoms with E-state index in [0.29, 0.717) is 38.2 Å². The van der Waals surface area contributed by atoms with E-state index in [9.17, 15) is 9.59 Å². The molecule has 2 aromatic carbocycles. The van der Waals surface area contributed by atoms with Crippen LogP contribution in [0.2, 0.25) is 0 Å². The maximum atomic E-state index is 13.3. The van der Waals surface area contributed by atoms with E-state index < -0.39 is 5.60 Å². The third-order valence-electron chi connectivity index (χ3n) is 6.33. The molecular formula is C26H26N4O3. The first-order chi connectivity index (χ1) is 16.0. The average Bonchev–Trinajstić information content (AvgIpc) is 3.41. The molecule has 2 aliphatic heterocycles. The van der Waals surface area contributed by atoms with E-state index in [2.05, 4.69) is 10.3 Å². The summed E-state index contributed by atoms with van der Waals surface area (Å²) in [6, 6.07) is 19.1. The van der Waals surface area contributed by atoms with Crippen LogP contribution in [0.5, 0.6) is 0 Å². The number of aryl methyl sites for hydroxylation is 1. The second kappa shape index (κ2) is 8.58. The molecule has 2 aliphatic rings. The highest BCUT2D eigenvalue weighted by Gasteiger charge is 2.51. The molecule has 33 heavy (non-hydrogen) atoms. The number of carbonyl (C=O) groups excluding carboxylic acids is 2. The van der Waals surface area contributed by atoms with Crippen molar-refractivity contribution in [2.75, 3.05) is 29.9 Å². The monoisotopic (exact) mass is 442 g/mol. The number of aromatic nitrogens is 1. The molecule has 2 amide bonds. The minimum absolute atomic E-state index is 0.0505. The molecule has 1 aromatic heterocycles. The van der Waals surface area contributed by atoms with Crippen molar-refractivity contribution < 1.29 is 14.3 Å². The molecular weight excluding hydrogens is 416 g/mol. The van der Waals surface area contributed by atoms with Gasteiger partial charge in [0.25, 0.3) is 5.91 Å². The predicted octanol–water partition coefficient (Wildman–Crippen LogP) is 4.24. The average molecular weight is 443 g/mol. The summed E-state index contributed by atoms with van der Waals surface area (Å²) in [7, 11) is 0. The van der Waals surface area contributed by atoms with E-state index in [1.165, 1.54) is 0 Å². The number of pyridine rings is 1. The van der Waals surface area contributed by atoms with Crippen LogP contribution in [0.3, 0.4) is 0 Å². The summed E-state index contributed by atoms with van der Waals surface area (Å²) in [5.74, 6) is -0.0505. The highest BCUT2D eigenvalue weighted by molar-refractivity contribution is 5.96. The predicted molar refractivity (Wildman–Crippen MR) is 126 cm³/mol. The van der Waals surface area contributed by atoms with Crippen LogP contribution < -0.4 is 10.2 Å². The van der Waals surface area contributed by atoms with Crippen LogP contribution in [0.15, 0.2) is 73.1 Å². The fourth-order valence-corrected chi connectivity index (χ4v) is 4.49. The van der Waals surface area contributed by atoms with Gasteiger partial charge in [0, 0.05) is 48.8 Å². The van der Waals surface area contributed by atoms with Gasteiger partial charge in [-0.2, -0.15) is 0 Å². The summed E-state index contributed by atoms with van der Waals surface area (Å²) in [5, 5.41) is 3.41. The second-order valence-electron chi connectivity index (χ2n) is 8.69. The van der Waals surface area contributed by atoms with Crippen molar-refractivity contribution in [3.05, 3.63) is 89.7 Å². The SMILES string of the molecule is Cc1ccc(C(=O)N2CC[C@]3(C2)CN(c2ccccc2)C(=O)O3)cc1NCc1cccnc1. The molecule has 1 spiro atoms. The minimum Gasteiger partial charge on any atom is -0.439 e. The highest BCUT2D eigenvalue weighted by Crippen LogP contribution is 2.35. The summed E-state index contributed by atoms with van der Waals surface area (Å²) in [6.45, 7) is 4.05. The molecule has 1 N–H and O–H groups in total. The number of nitrogens with zero attached hydrogens (tertiary/aromatic N) is 3. The van der Waals surface area contributed by atoms with Crippen molar-refractivity contribution in [3.63, 3.8) is 0 Å². The van der Waals surface area contributed by atoms with Gasteiger partial charge in [-0.3, -0.25) is 14.7 Å². The number of carbonyl (C=O) groups is 2. The highest BCUT2D eigenvalue weighted by atomic mass is 16.6. The molecule has 168 valence electrons. The van der Waals surface area contributed by atoms with Gasteiger partial charge in [0.05, 0.1) is 13.1 Å². The molecule has 3 heterocycles. The first-order valence-corrected chi connectivity index (χ1v) is 11.1. The van der Waals surface area contributed by atoms with Crippen molar-refractivity contribution in [3.8, 4) is 0 Å². The Morgan fingerprint density at radius 2 is 1.97 bits per heavy atom. The van der Waals surface area contributed by atoms with E-state index >= 15 is 0 Å². The van der Waals surface area contributed by atoms with Crippen molar-refractivity contribution >= 4 is 23.4 Å². The number of rotatable bonds is 5. The lowest BCUT2D eigenvalue weighted by Gasteiger charge is -2.22. The maximum Gasteiger partial charge on any atom is 0.415 e. The lowest BCUT2D eigenvalue weighted by molar-refractivity contribution is 0.0553. The van der Waals surface area contributed by atoms with Crippen LogP contribution in [-0.2, 0) is 11.3 Å². The number of likely N-dealkylation sites (tertiary alicyclic amines) is 1. The van der Waals surface area contributed by atoms with Gasteiger partial charge in [0.15, 0.2) is 5.60 Å². The van der Waals surface area contributed by atoms with E-state index in [1.54, 1.807) is 16.0 Å². The number of ether oxygens (including phenoxy) is 1. The van der Waals surface area contributed by atoms with Crippen molar-refractivity contribution in [1.82, 2.24) is 9.88 Å². The maximum absolute atomic E-state index is 13.3. The molecule has 2 saturated heterocycles. The van der Waals surface area contributed by atoms with Crippen LogP contribution >= 0.6 is 0 Å². The van der Waals surface area contributed by atoms with Gasteiger partial charge in [-0.15, -0.1) is 0 Å². The molecule has 0 bridgehead atoms. The van der Waals surface area contributed by atoms with Gasteiger partial charge < -0.3 is 15.0 Å². The first kappa shape index (κ1) is 21.0. The molecule has 2 fully saturated rings. The fourth-order valence-electron chi connectivity index (χ4n) is 4.49. The molecule has 0 saturated carbocycles. The normalized spacial score (nSPS) is 19.7. The summed E-state index contributed by atoms with van der Waals surface area (Å²) in [5.41, 5.74) is 3.83. The Hall–Kier alpha value is -3.87. The Morgan fingerprint density at radius 3 is 2.76 bits per heavy atom. The zero-order valence-corrected chi connectivity index (χ0v) is 18.5. The first-order valence-electron chi connectivity index (χ1n) is 11.1. The van der Waals surface area contributed by atoms with Crippen molar-refractivity contribution in [2.45, 2.75) is 25.5 Å². The smallest absolute Gasteiger partial charge is 0.415 e. The molecule has 0 radical (unpaired) electrons. The summed E-state index contributed by atoms with van der Waals surface area (Å²) < 4.78 is 5.80. The number of hydrogen-bond donors (Lipinski definition) is 1. The number of benzene rings is 2. The number of para-hydroxylation sites is 1.